The highest BCUT2D eigenvalue weighted by Gasteiger charge is 2.19. The molecule has 0 radical (unpaired) electrons. The van der Waals surface area contributed by atoms with Crippen LogP contribution in [0.15, 0.2) is 36.7 Å². The van der Waals surface area contributed by atoms with Gasteiger partial charge in [0.1, 0.15) is 0 Å². The van der Waals surface area contributed by atoms with E-state index >= 15 is 0 Å². The van der Waals surface area contributed by atoms with Gasteiger partial charge in [-0.2, -0.15) is 0 Å². The van der Waals surface area contributed by atoms with Crippen molar-refractivity contribution in [2.75, 3.05) is 0 Å². The lowest BCUT2D eigenvalue weighted by Gasteiger charge is -2.24. The number of aromatic nitrogens is 1. The highest BCUT2D eigenvalue weighted by atomic mass is 15.2. The fraction of sp³-hybridized carbons (Fsp3) is 0.400. The smallest absolute Gasteiger partial charge is 0.0491 e. The Morgan fingerprint density at radius 3 is 2.89 bits per heavy atom. The van der Waals surface area contributed by atoms with Crippen LogP contribution in [0.25, 0.3) is 10.8 Å². The zero-order valence-corrected chi connectivity index (χ0v) is 11.1. The largest absolute Gasteiger partial charge is 0.271 e. The van der Waals surface area contributed by atoms with E-state index in [1.807, 2.05) is 12.4 Å². The van der Waals surface area contributed by atoms with E-state index in [4.69, 9.17) is 5.84 Å². The summed E-state index contributed by atoms with van der Waals surface area (Å²) in [5.41, 5.74) is 4.24. The molecule has 0 bridgehead atoms. The van der Waals surface area contributed by atoms with Gasteiger partial charge < -0.3 is 0 Å². The molecule has 2 aromatic rings. The van der Waals surface area contributed by atoms with Gasteiger partial charge >= 0.3 is 0 Å². The predicted molar refractivity (Wildman–Crippen MR) is 75.9 cm³/mol. The zero-order valence-electron chi connectivity index (χ0n) is 11.1. The summed E-state index contributed by atoms with van der Waals surface area (Å²) in [4.78, 5) is 4.17. The molecule has 1 aromatic heterocycles. The number of nitrogens with zero attached hydrogens (tertiary/aromatic N) is 1. The van der Waals surface area contributed by atoms with Crippen molar-refractivity contribution in [2.45, 2.75) is 32.7 Å². The number of nitrogens with two attached hydrogens (primary N) is 1. The SMILES string of the molecule is CCCC(C)C(NN)c1cccc2cnccc12. The second-order valence-corrected chi connectivity index (χ2v) is 4.85. The van der Waals surface area contributed by atoms with Crippen molar-refractivity contribution in [3.8, 4) is 0 Å². The maximum Gasteiger partial charge on any atom is 0.0491 e. The first-order valence-corrected chi connectivity index (χ1v) is 6.56. The molecule has 1 aromatic carbocycles. The predicted octanol–water partition coefficient (Wildman–Crippen LogP) is 3.18. The van der Waals surface area contributed by atoms with E-state index in [0.717, 1.165) is 6.42 Å². The lowest BCUT2D eigenvalue weighted by molar-refractivity contribution is 0.370. The average Bonchev–Trinajstić information content (AvgIpc) is 2.40. The normalized spacial score (nSPS) is 14.6. The number of pyridine rings is 1. The van der Waals surface area contributed by atoms with Gasteiger partial charge in [0.15, 0.2) is 0 Å². The van der Waals surface area contributed by atoms with Crippen LogP contribution in [0.2, 0.25) is 0 Å². The van der Waals surface area contributed by atoms with Crippen LogP contribution in [0.4, 0.5) is 0 Å². The molecule has 18 heavy (non-hydrogen) atoms. The Balaban J connectivity index is 2.44. The Bertz CT molecular complexity index is 505. The molecule has 2 atom stereocenters. The molecule has 3 heteroatoms. The van der Waals surface area contributed by atoms with Crippen LogP contribution in [0.5, 0.6) is 0 Å². The first-order chi connectivity index (χ1) is 8.77. The van der Waals surface area contributed by atoms with Crippen molar-refractivity contribution in [1.82, 2.24) is 10.4 Å². The van der Waals surface area contributed by atoms with E-state index in [1.54, 1.807) is 0 Å². The molecule has 3 nitrogen and oxygen atoms in total. The topological polar surface area (TPSA) is 50.9 Å². The van der Waals surface area contributed by atoms with Crippen molar-refractivity contribution in [3.05, 3.63) is 42.2 Å². The second-order valence-electron chi connectivity index (χ2n) is 4.85. The molecule has 0 aliphatic rings. The van der Waals surface area contributed by atoms with Gasteiger partial charge in [0.05, 0.1) is 0 Å². The first-order valence-electron chi connectivity index (χ1n) is 6.56. The number of benzene rings is 1. The average molecular weight is 243 g/mol. The standard InChI is InChI=1S/C15H21N3/c1-3-5-11(2)15(18-16)14-7-4-6-12-10-17-9-8-13(12)14/h4,6-11,15,18H,3,5,16H2,1-2H3. The molecule has 1 heterocycles. The van der Waals surface area contributed by atoms with E-state index in [0.29, 0.717) is 5.92 Å². The van der Waals surface area contributed by atoms with Gasteiger partial charge in [-0.25, -0.2) is 0 Å². The van der Waals surface area contributed by atoms with Crippen molar-refractivity contribution in [1.29, 1.82) is 0 Å². The van der Waals surface area contributed by atoms with Crippen LogP contribution in [0.1, 0.15) is 38.3 Å². The maximum atomic E-state index is 5.76. The highest BCUT2D eigenvalue weighted by Crippen LogP contribution is 2.30. The number of rotatable bonds is 5. The lowest BCUT2D eigenvalue weighted by Crippen LogP contribution is -2.32. The summed E-state index contributed by atoms with van der Waals surface area (Å²) < 4.78 is 0. The molecule has 0 spiro atoms. The second kappa shape index (κ2) is 5.94. The third-order valence-electron chi connectivity index (χ3n) is 3.54. The maximum absolute atomic E-state index is 5.76. The lowest BCUT2D eigenvalue weighted by atomic mass is 9.89. The number of hydrazine groups is 1. The Morgan fingerprint density at radius 1 is 1.33 bits per heavy atom. The van der Waals surface area contributed by atoms with E-state index < -0.39 is 0 Å². The van der Waals surface area contributed by atoms with Crippen molar-refractivity contribution in [3.63, 3.8) is 0 Å². The molecule has 2 rings (SSSR count). The quantitative estimate of drug-likeness (QED) is 0.626. The van der Waals surface area contributed by atoms with Crippen LogP contribution in [-0.4, -0.2) is 4.98 Å². The monoisotopic (exact) mass is 243 g/mol. The first kappa shape index (κ1) is 13.0. The summed E-state index contributed by atoms with van der Waals surface area (Å²) in [7, 11) is 0. The Kier molecular flexibility index (Phi) is 4.28. The molecule has 0 fully saturated rings. The minimum atomic E-state index is 0.191. The Morgan fingerprint density at radius 2 is 2.17 bits per heavy atom. The molecule has 0 aliphatic carbocycles. The van der Waals surface area contributed by atoms with Crippen LogP contribution < -0.4 is 11.3 Å². The molecular formula is C15H21N3. The summed E-state index contributed by atoms with van der Waals surface area (Å²) in [6, 6.07) is 8.56. The molecular weight excluding hydrogens is 222 g/mol. The summed E-state index contributed by atoms with van der Waals surface area (Å²) in [6.07, 6.45) is 6.07. The number of hydrogen-bond donors (Lipinski definition) is 2. The third kappa shape index (κ3) is 2.52. The van der Waals surface area contributed by atoms with E-state index in [2.05, 4.69) is 48.5 Å². The van der Waals surface area contributed by atoms with Gasteiger partial charge in [0, 0.05) is 23.8 Å². The number of nitrogens with one attached hydrogen (secondary N) is 1. The van der Waals surface area contributed by atoms with Gasteiger partial charge in [0.2, 0.25) is 0 Å². The van der Waals surface area contributed by atoms with Gasteiger partial charge in [-0.05, 0) is 29.4 Å². The fourth-order valence-electron chi connectivity index (χ4n) is 2.60. The van der Waals surface area contributed by atoms with Crippen molar-refractivity contribution < 1.29 is 0 Å². The van der Waals surface area contributed by atoms with Crippen molar-refractivity contribution in [2.24, 2.45) is 11.8 Å². The molecule has 0 amide bonds. The van der Waals surface area contributed by atoms with Crippen LogP contribution in [0.3, 0.4) is 0 Å². The summed E-state index contributed by atoms with van der Waals surface area (Å²) in [5, 5.41) is 2.40. The summed E-state index contributed by atoms with van der Waals surface area (Å²) in [6.45, 7) is 4.45. The molecule has 2 unspecified atom stereocenters. The third-order valence-corrected chi connectivity index (χ3v) is 3.54. The van der Waals surface area contributed by atoms with Crippen LogP contribution >= 0.6 is 0 Å². The highest BCUT2D eigenvalue weighted by molar-refractivity contribution is 5.85. The van der Waals surface area contributed by atoms with Gasteiger partial charge in [-0.3, -0.25) is 16.3 Å². The summed E-state index contributed by atoms with van der Waals surface area (Å²) >= 11 is 0. The minimum absolute atomic E-state index is 0.191. The Hall–Kier alpha value is -1.45. The van der Waals surface area contributed by atoms with E-state index in [1.165, 1.54) is 22.8 Å². The van der Waals surface area contributed by atoms with E-state index in [-0.39, 0.29) is 6.04 Å². The van der Waals surface area contributed by atoms with Crippen molar-refractivity contribution >= 4 is 10.8 Å². The van der Waals surface area contributed by atoms with Crippen LogP contribution in [0, 0.1) is 5.92 Å². The minimum Gasteiger partial charge on any atom is -0.271 e. The molecule has 3 N–H and O–H groups in total. The number of fused-ring (bicyclic) bond motifs is 1. The van der Waals surface area contributed by atoms with Gasteiger partial charge in [0.25, 0.3) is 0 Å². The molecule has 0 saturated carbocycles. The van der Waals surface area contributed by atoms with Gasteiger partial charge in [-0.15, -0.1) is 0 Å². The zero-order chi connectivity index (χ0) is 13.0. The van der Waals surface area contributed by atoms with Crippen LogP contribution in [-0.2, 0) is 0 Å². The summed E-state index contributed by atoms with van der Waals surface area (Å²) in [5.74, 6) is 6.27. The van der Waals surface area contributed by atoms with E-state index in [9.17, 15) is 0 Å². The van der Waals surface area contributed by atoms with Gasteiger partial charge in [-0.1, -0.05) is 38.5 Å². The Labute approximate surface area is 108 Å². The molecule has 0 aliphatic heterocycles. The molecule has 96 valence electrons. The molecule has 0 saturated heterocycles. The number of hydrogen-bond acceptors (Lipinski definition) is 3. The fourth-order valence-corrected chi connectivity index (χ4v) is 2.60.